The van der Waals surface area contributed by atoms with E-state index >= 15 is 0 Å². The fraction of sp³-hybridized carbons (Fsp3) is 1.00. The van der Waals surface area contributed by atoms with Crippen LogP contribution in [-0.2, 0) is 14.2 Å². The molecule has 2 aliphatic rings. The summed E-state index contributed by atoms with van der Waals surface area (Å²) in [6.07, 6.45) is -12.5. The Labute approximate surface area is 140 Å². The van der Waals surface area contributed by atoms with Crippen molar-refractivity contribution in [2.24, 2.45) is 0 Å². The van der Waals surface area contributed by atoms with Crippen LogP contribution in [0.5, 0.6) is 0 Å². The molecule has 23 heavy (non-hydrogen) atoms. The van der Waals surface area contributed by atoms with Crippen LogP contribution in [-0.4, -0.2) is 109 Å². The Kier molecular flexibility index (Phi) is 6.73. The van der Waals surface area contributed by atoms with Crippen LogP contribution < -0.4 is 0 Å². The summed E-state index contributed by atoms with van der Waals surface area (Å²) in [5, 5.41) is 67.5. The van der Waals surface area contributed by atoms with Gasteiger partial charge >= 0.3 is 0 Å². The van der Waals surface area contributed by atoms with E-state index in [1.807, 2.05) is 0 Å². The van der Waals surface area contributed by atoms with Gasteiger partial charge in [-0.25, -0.2) is 0 Å². The fourth-order valence-electron chi connectivity index (χ4n) is 2.55. The molecule has 2 aliphatic heterocycles. The summed E-state index contributed by atoms with van der Waals surface area (Å²) < 4.78 is 15.7. The number of aliphatic hydroxyl groups excluding tert-OH is 7. The van der Waals surface area contributed by atoms with Crippen LogP contribution in [0.3, 0.4) is 0 Å². The smallest absolute Gasteiger partial charge is 0.187 e. The van der Waals surface area contributed by atoms with Gasteiger partial charge in [-0.2, -0.15) is 0 Å². The number of aliphatic hydroxyl groups is 7. The molecule has 0 aromatic carbocycles. The number of alkyl halides is 1. The molecule has 10 nitrogen and oxygen atoms in total. The van der Waals surface area contributed by atoms with Gasteiger partial charge in [-0.3, -0.25) is 0 Å². The summed E-state index contributed by atoms with van der Waals surface area (Å²) >= 11 is 3.02. The van der Waals surface area contributed by atoms with Crippen molar-refractivity contribution in [2.45, 2.75) is 60.1 Å². The second kappa shape index (κ2) is 7.97. The molecule has 0 aliphatic carbocycles. The van der Waals surface area contributed by atoms with Gasteiger partial charge in [0.15, 0.2) is 12.6 Å². The minimum atomic E-state index is -1.65. The lowest BCUT2D eigenvalue weighted by molar-refractivity contribution is -0.340. The predicted molar refractivity (Wildman–Crippen MR) is 75.3 cm³/mol. The molecular weight excluding hydrogens is 384 g/mol. The Morgan fingerprint density at radius 2 is 1.39 bits per heavy atom. The van der Waals surface area contributed by atoms with Crippen molar-refractivity contribution in [1.82, 2.24) is 0 Å². The maximum absolute atomic E-state index is 10.1. The number of hydrogen-bond donors (Lipinski definition) is 7. The van der Waals surface area contributed by atoms with Gasteiger partial charge in [0, 0.05) is 0 Å². The van der Waals surface area contributed by atoms with Crippen LogP contribution in [0.1, 0.15) is 0 Å². The second-order valence-corrected chi connectivity index (χ2v) is 6.54. The Hall–Kier alpha value is 0.0800. The molecule has 0 saturated carbocycles. The van der Waals surface area contributed by atoms with E-state index in [2.05, 4.69) is 15.9 Å². The second-order valence-electron chi connectivity index (χ2n) is 5.48. The first-order valence-electron chi connectivity index (χ1n) is 7.04. The standard InChI is InChI=1S/C12H21BrO10/c13-5-7(17)10(4(2-15)21-11(5)20)23-12-9(19)8(18)6(16)3(1-14)22-12/h3-12,14-20H,1-2H2/t3?,4?,5-,6-,7?,8?,9-,10+,11?,12?/m0/s1. The van der Waals surface area contributed by atoms with E-state index < -0.39 is 73.3 Å². The zero-order valence-electron chi connectivity index (χ0n) is 11.9. The maximum Gasteiger partial charge on any atom is 0.187 e. The van der Waals surface area contributed by atoms with E-state index in [1.165, 1.54) is 0 Å². The predicted octanol–water partition coefficient (Wildman–Crippen LogP) is -3.99. The molecule has 0 spiro atoms. The quantitative estimate of drug-likeness (QED) is 0.229. The number of hydrogen-bond acceptors (Lipinski definition) is 10. The van der Waals surface area contributed by atoms with Crippen molar-refractivity contribution < 1.29 is 50.0 Å². The first-order chi connectivity index (χ1) is 10.8. The Morgan fingerprint density at radius 3 is 1.96 bits per heavy atom. The third kappa shape index (κ3) is 3.85. The van der Waals surface area contributed by atoms with Gasteiger partial charge < -0.3 is 50.0 Å². The van der Waals surface area contributed by atoms with Crippen molar-refractivity contribution in [2.75, 3.05) is 13.2 Å². The third-order valence-corrected chi connectivity index (χ3v) is 4.93. The van der Waals surface area contributed by atoms with Crippen LogP contribution in [0.4, 0.5) is 0 Å². The Morgan fingerprint density at radius 1 is 0.783 bits per heavy atom. The SMILES string of the molecule is OCC1OC(O[C@@H]2C(CO)OC(O)[C@@H](Br)C2O)[C@@H](O)C(O)[C@H]1O. The molecule has 7 N–H and O–H groups in total. The number of rotatable bonds is 4. The highest BCUT2D eigenvalue weighted by Gasteiger charge is 2.49. The van der Waals surface area contributed by atoms with Gasteiger partial charge in [-0.15, -0.1) is 0 Å². The molecule has 2 saturated heterocycles. The molecule has 2 heterocycles. The zero-order chi connectivity index (χ0) is 17.3. The molecule has 136 valence electrons. The monoisotopic (exact) mass is 404 g/mol. The van der Waals surface area contributed by atoms with E-state index in [1.54, 1.807) is 0 Å². The summed E-state index contributed by atoms with van der Waals surface area (Å²) in [6, 6.07) is 0. The average molecular weight is 405 g/mol. The minimum Gasteiger partial charge on any atom is -0.394 e. The van der Waals surface area contributed by atoms with Crippen molar-refractivity contribution in [3.8, 4) is 0 Å². The first kappa shape index (κ1) is 19.4. The van der Waals surface area contributed by atoms with Gasteiger partial charge in [-0.1, -0.05) is 15.9 Å². The third-order valence-electron chi connectivity index (χ3n) is 3.94. The van der Waals surface area contributed by atoms with Crippen LogP contribution in [0.15, 0.2) is 0 Å². The van der Waals surface area contributed by atoms with Crippen LogP contribution in [0.25, 0.3) is 0 Å². The molecule has 0 bridgehead atoms. The maximum atomic E-state index is 10.1. The highest BCUT2D eigenvalue weighted by Crippen LogP contribution is 2.30. The van der Waals surface area contributed by atoms with Crippen molar-refractivity contribution in [3.05, 3.63) is 0 Å². The molecule has 0 aromatic heterocycles. The van der Waals surface area contributed by atoms with E-state index in [4.69, 9.17) is 19.3 Å². The summed E-state index contributed by atoms with van der Waals surface area (Å²) in [5.74, 6) is 0. The fourth-order valence-corrected chi connectivity index (χ4v) is 2.98. The Balaban J connectivity index is 2.11. The molecule has 11 heteroatoms. The molecule has 2 rings (SSSR count). The topological polar surface area (TPSA) is 169 Å². The molecule has 2 fully saturated rings. The van der Waals surface area contributed by atoms with Crippen LogP contribution >= 0.6 is 15.9 Å². The largest absolute Gasteiger partial charge is 0.394 e. The van der Waals surface area contributed by atoms with Gasteiger partial charge in [0.05, 0.1) is 18.0 Å². The lowest BCUT2D eigenvalue weighted by Gasteiger charge is -2.45. The summed E-state index contributed by atoms with van der Waals surface area (Å²) in [4.78, 5) is -0.916. The number of halogens is 1. The van der Waals surface area contributed by atoms with E-state index in [-0.39, 0.29) is 0 Å². The molecular formula is C12H21BrO10. The summed E-state index contributed by atoms with van der Waals surface area (Å²) in [7, 11) is 0. The van der Waals surface area contributed by atoms with Crippen molar-refractivity contribution >= 4 is 15.9 Å². The van der Waals surface area contributed by atoms with Gasteiger partial charge in [0.2, 0.25) is 0 Å². The molecule has 10 atom stereocenters. The lowest BCUT2D eigenvalue weighted by Crippen LogP contribution is -2.63. The van der Waals surface area contributed by atoms with E-state index in [0.717, 1.165) is 0 Å². The van der Waals surface area contributed by atoms with E-state index in [9.17, 15) is 30.6 Å². The summed E-state index contributed by atoms with van der Waals surface area (Å²) in [5.41, 5.74) is 0. The summed E-state index contributed by atoms with van der Waals surface area (Å²) in [6.45, 7) is -1.21. The van der Waals surface area contributed by atoms with Crippen molar-refractivity contribution in [3.63, 3.8) is 0 Å². The Bertz CT molecular complexity index is 383. The minimum absolute atomic E-state index is 0.587. The highest BCUT2D eigenvalue weighted by molar-refractivity contribution is 9.09. The first-order valence-corrected chi connectivity index (χ1v) is 7.95. The zero-order valence-corrected chi connectivity index (χ0v) is 13.5. The van der Waals surface area contributed by atoms with E-state index in [0.29, 0.717) is 0 Å². The molecule has 6 unspecified atom stereocenters. The molecule has 0 amide bonds. The highest BCUT2D eigenvalue weighted by atomic mass is 79.9. The lowest BCUT2D eigenvalue weighted by atomic mass is 9.98. The average Bonchev–Trinajstić information content (AvgIpc) is 2.55. The van der Waals surface area contributed by atoms with Gasteiger partial charge in [0.1, 0.15) is 42.7 Å². The van der Waals surface area contributed by atoms with Gasteiger partial charge in [-0.05, 0) is 0 Å². The van der Waals surface area contributed by atoms with Crippen molar-refractivity contribution in [1.29, 1.82) is 0 Å². The molecule has 0 aromatic rings. The normalized spacial score (nSPS) is 51.7. The van der Waals surface area contributed by atoms with Gasteiger partial charge in [0.25, 0.3) is 0 Å². The number of ether oxygens (including phenoxy) is 3. The van der Waals surface area contributed by atoms with Crippen LogP contribution in [0, 0.1) is 0 Å². The van der Waals surface area contributed by atoms with Crippen LogP contribution in [0.2, 0.25) is 0 Å². The molecule has 0 radical (unpaired) electrons.